The summed E-state index contributed by atoms with van der Waals surface area (Å²) in [6, 6.07) is 0. The Kier molecular flexibility index (Phi) is 1.38. The molecule has 0 aromatic carbocycles. The standard InChI is InChI=1S/C7H10N2O3/c1-7(2)4-9-5(3-11-7)6(10)12-8-9/h3-4H2,1-2H3. The van der Waals surface area contributed by atoms with Crippen LogP contribution in [0.2, 0.25) is 0 Å². The van der Waals surface area contributed by atoms with Crippen molar-refractivity contribution < 1.29 is 19.0 Å². The van der Waals surface area contributed by atoms with Crippen molar-refractivity contribution in [3.05, 3.63) is 5.69 Å². The molecule has 0 saturated heterocycles. The minimum atomic E-state index is -0.398. The third-order valence-corrected chi connectivity index (χ3v) is 1.90. The van der Waals surface area contributed by atoms with E-state index in [-0.39, 0.29) is 12.2 Å². The molecule has 0 spiro atoms. The highest BCUT2D eigenvalue weighted by Gasteiger charge is 2.35. The normalized spacial score (nSPS) is 20.5. The van der Waals surface area contributed by atoms with Crippen LogP contribution in [0.5, 0.6) is 5.95 Å². The maximum absolute atomic E-state index is 10.9. The van der Waals surface area contributed by atoms with Crippen LogP contribution >= 0.6 is 0 Å². The quantitative estimate of drug-likeness (QED) is 0.485. The summed E-state index contributed by atoms with van der Waals surface area (Å²) in [6.07, 6.45) is 0. The zero-order chi connectivity index (χ0) is 8.77. The Morgan fingerprint density at radius 3 is 3.08 bits per heavy atom. The van der Waals surface area contributed by atoms with Crippen LogP contribution in [-0.2, 0) is 17.9 Å². The second kappa shape index (κ2) is 2.20. The number of hydrogen-bond acceptors (Lipinski definition) is 4. The summed E-state index contributed by atoms with van der Waals surface area (Å²) >= 11 is 0. The van der Waals surface area contributed by atoms with Crippen molar-refractivity contribution in [3.63, 3.8) is 0 Å². The molecule has 0 atom stereocenters. The molecule has 0 aliphatic carbocycles. The van der Waals surface area contributed by atoms with E-state index in [9.17, 15) is 5.11 Å². The van der Waals surface area contributed by atoms with Gasteiger partial charge in [-0.15, -0.1) is 0 Å². The molecule has 0 bridgehead atoms. The molecule has 0 amide bonds. The van der Waals surface area contributed by atoms with Gasteiger partial charge in [-0.25, -0.2) is 0 Å². The number of rotatable bonds is 0. The summed E-state index contributed by atoms with van der Waals surface area (Å²) in [7, 11) is 0. The molecular weight excluding hydrogens is 160 g/mol. The van der Waals surface area contributed by atoms with Gasteiger partial charge in [0.15, 0.2) is 5.95 Å². The zero-order valence-electron chi connectivity index (χ0n) is 7.03. The lowest BCUT2D eigenvalue weighted by Crippen LogP contribution is -2.53. The van der Waals surface area contributed by atoms with Crippen molar-refractivity contribution in [2.45, 2.75) is 32.6 Å². The summed E-state index contributed by atoms with van der Waals surface area (Å²) < 4.78 is 11.5. The molecule has 0 unspecified atom stereocenters. The summed E-state index contributed by atoms with van der Waals surface area (Å²) in [4.78, 5) is 0. The molecule has 2 heterocycles. The fourth-order valence-corrected chi connectivity index (χ4v) is 1.22. The molecule has 1 aliphatic rings. The lowest BCUT2D eigenvalue weighted by atomic mass is 10.1. The van der Waals surface area contributed by atoms with Crippen LogP contribution in [0.4, 0.5) is 0 Å². The lowest BCUT2D eigenvalue weighted by Gasteiger charge is -2.23. The topological polar surface area (TPSA) is 62.2 Å². The van der Waals surface area contributed by atoms with Gasteiger partial charge in [-0.1, -0.05) is 4.68 Å². The summed E-state index contributed by atoms with van der Waals surface area (Å²) in [6.45, 7) is 4.74. The summed E-state index contributed by atoms with van der Waals surface area (Å²) in [5.74, 6) is -0.398. The Morgan fingerprint density at radius 2 is 2.33 bits per heavy atom. The third kappa shape index (κ3) is 1.06. The first-order chi connectivity index (χ1) is 5.58. The third-order valence-electron chi connectivity index (χ3n) is 1.90. The largest absolute Gasteiger partial charge is 0.539 e. The first-order valence-electron chi connectivity index (χ1n) is 3.78. The molecule has 1 aliphatic heterocycles. The van der Waals surface area contributed by atoms with E-state index in [2.05, 4.69) is 9.79 Å². The molecule has 0 fully saturated rings. The van der Waals surface area contributed by atoms with E-state index >= 15 is 0 Å². The molecule has 66 valence electrons. The molecule has 1 aromatic heterocycles. The molecule has 5 heteroatoms. The van der Waals surface area contributed by atoms with E-state index < -0.39 is 5.95 Å². The van der Waals surface area contributed by atoms with Gasteiger partial charge in [0.05, 0.1) is 5.27 Å². The molecule has 5 nitrogen and oxygen atoms in total. The van der Waals surface area contributed by atoms with Crippen LogP contribution in [0.25, 0.3) is 0 Å². The molecule has 0 saturated carbocycles. The highest BCUT2D eigenvalue weighted by molar-refractivity contribution is 5.02. The predicted octanol–water partition coefficient (Wildman–Crippen LogP) is -0.655. The first kappa shape index (κ1) is 7.54. The average molecular weight is 170 g/mol. The Bertz CT molecular complexity index is 306. The van der Waals surface area contributed by atoms with Crippen LogP contribution < -0.4 is 9.79 Å². The minimum Gasteiger partial charge on any atom is -0.539 e. The maximum atomic E-state index is 10.9. The Labute approximate surface area is 69.5 Å². The highest BCUT2D eigenvalue weighted by atomic mass is 16.6. The maximum Gasteiger partial charge on any atom is 0.259 e. The fraction of sp³-hybridized carbons (Fsp3) is 0.714. The minimum absolute atomic E-state index is 0.263. The van der Waals surface area contributed by atoms with Gasteiger partial charge in [-0.05, 0) is 13.8 Å². The summed E-state index contributed by atoms with van der Waals surface area (Å²) in [5.41, 5.74) is 0.232. The van der Waals surface area contributed by atoms with Gasteiger partial charge in [0.25, 0.3) is 5.69 Å². The number of ether oxygens (including phenoxy) is 1. The van der Waals surface area contributed by atoms with E-state index in [4.69, 9.17) is 4.74 Å². The summed E-state index contributed by atoms with van der Waals surface area (Å²) in [5, 5.41) is 14.5. The van der Waals surface area contributed by atoms with E-state index in [1.54, 1.807) is 4.68 Å². The second-order valence-electron chi connectivity index (χ2n) is 3.51. The predicted molar refractivity (Wildman–Crippen MR) is 35.0 cm³/mol. The first-order valence-corrected chi connectivity index (χ1v) is 3.78. The number of fused-ring (bicyclic) bond motifs is 1. The van der Waals surface area contributed by atoms with E-state index in [0.717, 1.165) is 0 Å². The van der Waals surface area contributed by atoms with Crippen molar-refractivity contribution in [1.29, 1.82) is 0 Å². The van der Waals surface area contributed by atoms with Crippen molar-refractivity contribution in [2.24, 2.45) is 0 Å². The Morgan fingerprint density at radius 1 is 1.58 bits per heavy atom. The average Bonchev–Trinajstić information content (AvgIpc) is 2.30. The Balaban J connectivity index is 2.37. The second-order valence-corrected chi connectivity index (χ2v) is 3.51. The molecule has 1 aromatic rings. The van der Waals surface area contributed by atoms with Crippen LogP contribution in [0.3, 0.4) is 0 Å². The zero-order valence-corrected chi connectivity index (χ0v) is 7.03. The van der Waals surface area contributed by atoms with Crippen LogP contribution in [0.15, 0.2) is 4.52 Å². The fourth-order valence-electron chi connectivity index (χ4n) is 1.22. The van der Waals surface area contributed by atoms with Gasteiger partial charge in [0, 0.05) is 0 Å². The highest BCUT2D eigenvalue weighted by Crippen LogP contribution is 2.20. The van der Waals surface area contributed by atoms with Gasteiger partial charge in [-0.3, -0.25) is 0 Å². The molecule has 12 heavy (non-hydrogen) atoms. The smallest absolute Gasteiger partial charge is 0.259 e. The Hall–Kier alpha value is -1.10. The van der Waals surface area contributed by atoms with E-state index in [1.165, 1.54) is 0 Å². The van der Waals surface area contributed by atoms with E-state index in [1.807, 2.05) is 13.8 Å². The van der Waals surface area contributed by atoms with Gasteiger partial charge in [0.2, 0.25) is 6.54 Å². The van der Waals surface area contributed by atoms with E-state index in [0.29, 0.717) is 12.2 Å². The molecular formula is C7H10N2O3. The van der Waals surface area contributed by atoms with Gasteiger partial charge < -0.3 is 14.4 Å². The number of hydrogen-bond donors (Lipinski definition) is 0. The van der Waals surface area contributed by atoms with Gasteiger partial charge in [0.1, 0.15) is 12.2 Å². The van der Waals surface area contributed by atoms with Crippen LogP contribution in [-0.4, -0.2) is 10.9 Å². The lowest BCUT2D eigenvalue weighted by molar-refractivity contribution is -0.789. The molecule has 2 rings (SSSR count). The number of aromatic nitrogens is 2. The molecule has 0 N–H and O–H groups in total. The number of nitrogens with zero attached hydrogens (tertiary/aromatic N) is 2. The van der Waals surface area contributed by atoms with Gasteiger partial charge >= 0.3 is 0 Å². The van der Waals surface area contributed by atoms with Crippen LogP contribution in [0, 0.1) is 0 Å². The van der Waals surface area contributed by atoms with Crippen molar-refractivity contribution >= 4 is 0 Å². The van der Waals surface area contributed by atoms with Crippen molar-refractivity contribution in [3.8, 4) is 5.95 Å². The van der Waals surface area contributed by atoms with Crippen molar-refractivity contribution in [2.75, 3.05) is 0 Å². The SMILES string of the molecule is CC1(C)C[n+]2noc([O-])c2CO1. The molecule has 0 radical (unpaired) electrons. The monoisotopic (exact) mass is 170 g/mol. The van der Waals surface area contributed by atoms with Crippen molar-refractivity contribution in [1.82, 2.24) is 5.27 Å². The van der Waals surface area contributed by atoms with Crippen LogP contribution in [0.1, 0.15) is 19.5 Å². The van der Waals surface area contributed by atoms with Gasteiger partial charge in [-0.2, -0.15) is 0 Å².